The summed E-state index contributed by atoms with van der Waals surface area (Å²) in [6.45, 7) is -0.0239. The van der Waals surface area contributed by atoms with Crippen molar-refractivity contribution in [2.45, 2.75) is 0 Å². The van der Waals surface area contributed by atoms with Gasteiger partial charge in [-0.3, -0.25) is 14.9 Å². The number of carboxylic acids is 1. The van der Waals surface area contributed by atoms with E-state index in [0.29, 0.717) is 5.69 Å². The second-order valence-corrected chi connectivity index (χ2v) is 3.94. The number of hydrogen-bond donors (Lipinski definition) is 2. The predicted molar refractivity (Wildman–Crippen MR) is 67.2 cm³/mol. The van der Waals surface area contributed by atoms with Gasteiger partial charge in [0.25, 0.3) is 5.69 Å². The lowest BCUT2D eigenvalue weighted by Crippen LogP contribution is -2.28. The molecule has 1 amide bonds. The van der Waals surface area contributed by atoms with Crippen LogP contribution >= 0.6 is 0 Å². The Bertz CT molecular complexity index is 527. The van der Waals surface area contributed by atoms with E-state index < -0.39 is 22.1 Å². The molecule has 8 heteroatoms. The van der Waals surface area contributed by atoms with Crippen molar-refractivity contribution >= 4 is 23.3 Å². The number of carboxylic acid groups (broad SMARTS) is 1. The standard InChI is InChI=1S/C11H13N3O5/c1-13(2)10(15)6-12-7-3-4-9(14(18)19)8(5-7)11(16)17/h3-5,12H,6H2,1-2H3,(H,16,17). The van der Waals surface area contributed by atoms with E-state index >= 15 is 0 Å². The summed E-state index contributed by atoms with van der Waals surface area (Å²) in [5, 5.41) is 22.3. The van der Waals surface area contributed by atoms with Crippen LogP contribution < -0.4 is 5.32 Å². The van der Waals surface area contributed by atoms with E-state index in [0.717, 1.165) is 12.1 Å². The van der Waals surface area contributed by atoms with Crippen molar-refractivity contribution in [3.05, 3.63) is 33.9 Å². The quantitative estimate of drug-likeness (QED) is 0.602. The summed E-state index contributed by atoms with van der Waals surface area (Å²) in [5.41, 5.74) is -0.581. The van der Waals surface area contributed by atoms with Gasteiger partial charge in [-0.1, -0.05) is 0 Å². The van der Waals surface area contributed by atoms with Gasteiger partial charge < -0.3 is 15.3 Å². The molecule has 2 N–H and O–H groups in total. The fourth-order valence-electron chi connectivity index (χ4n) is 1.31. The molecule has 0 fully saturated rings. The third kappa shape index (κ3) is 3.66. The lowest BCUT2D eigenvalue weighted by molar-refractivity contribution is -0.385. The van der Waals surface area contributed by atoms with Gasteiger partial charge >= 0.3 is 5.97 Å². The molecule has 0 aliphatic rings. The van der Waals surface area contributed by atoms with Crippen molar-refractivity contribution in [1.29, 1.82) is 0 Å². The SMILES string of the molecule is CN(C)C(=O)CNc1ccc([N+](=O)[O-])c(C(=O)O)c1. The smallest absolute Gasteiger partial charge is 0.342 e. The number of rotatable bonds is 5. The molecule has 0 atom stereocenters. The summed E-state index contributed by atoms with van der Waals surface area (Å²) in [7, 11) is 3.17. The number of nitrogens with zero attached hydrogens (tertiary/aromatic N) is 2. The number of carbonyl (C=O) groups is 2. The summed E-state index contributed by atoms with van der Waals surface area (Å²) in [4.78, 5) is 33.5. The van der Waals surface area contributed by atoms with E-state index in [1.165, 1.54) is 11.0 Å². The molecule has 19 heavy (non-hydrogen) atoms. The Morgan fingerprint density at radius 1 is 1.42 bits per heavy atom. The van der Waals surface area contributed by atoms with Crippen molar-refractivity contribution in [1.82, 2.24) is 4.90 Å². The molecular weight excluding hydrogens is 254 g/mol. The number of benzene rings is 1. The van der Waals surface area contributed by atoms with E-state index in [-0.39, 0.29) is 12.5 Å². The summed E-state index contributed by atoms with van der Waals surface area (Å²) in [6.07, 6.45) is 0. The highest BCUT2D eigenvalue weighted by atomic mass is 16.6. The molecule has 1 rings (SSSR count). The Morgan fingerprint density at radius 2 is 2.05 bits per heavy atom. The highest BCUT2D eigenvalue weighted by molar-refractivity contribution is 5.93. The zero-order valence-electron chi connectivity index (χ0n) is 10.4. The zero-order chi connectivity index (χ0) is 14.6. The Kier molecular flexibility index (Phi) is 4.41. The van der Waals surface area contributed by atoms with Crippen LogP contribution in [0.1, 0.15) is 10.4 Å². The molecule has 0 aliphatic carbocycles. The van der Waals surface area contributed by atoms with Gasteiger partial charge in [0, 0.05) is 25.8 Å². The van der Waals surface area contributed by atoms with Crippen LogP contribution in [-0.4, -0.2) is 47.4 Å². The minimum atomic E-state index is -1.39. The van der Waals surface area contributed by atoms with Gasteiger partial charge in [0.05, 0.1) is 11.5 Å². The molecule has 0 unspecified atom stereocenters. The fraction of sp³-hybridized carbons (Fsp3) is 0.273. The maximum atomic E-state index is 11.3. The lowest BCUT2D eigenvalue weighted by atomic mass is 10.1. The van der Waals surface area contributed by atoms with Gasteiger partial charge in [0.15, 0.2) is 0 Å². The largest absolute Gasteiger partial charge is 0.477 e. The molecule has 0 heterocycles. The Morgan fingerprint density at radius 3 is 2.53 bits per heavy atom. The van der Waals surface area contributed by atoms with Crippen LogP contribution in [0.3, 0.4) is 0 Å². The van der Waals surface area contributed by atoms with Crippen molar-refractivity contribution in [2.75, 3.05) is 26.0 Å². The molecule has 0 saturated carbocycles. The number of aromatic carboxylic acids is 1. The number of nitrogens with one attached hydrogen (secondary N) is 1. The summed E-state index contributed by atoms with van der Waals surface area (Å²) in [6, 6.07) is 3.57. The number of amides is 1. The van der Waals surface area contributed by atoms with Crippen LogP contribution in [0, 0.1) is 10.1 Å². The number of likely N-dealkylation sites (N-methyl/N-ethyl adjacent to an activating group) is 1. The van der Waals surface area contributed by atoms with Crippen molar-refractivity contribution < 1.29 is 19.6 Å². The molecule has 1 aromatic carbocycles. The first kappa shape index (κ1) is 14.4. The van der Waals surface area contributed by atoms with Crippen LogP contribution in [0.2, 0.25) is 0 Å². The van der Waals surface area contributed by atoms with E-state index in [1.807, 2.05) is 0 Å². The minimum Gasteiger partial charge on any atom is -0.477 e. The Labute approximate surface area is 108 Å². The average molecular weight is 267 g/mol. The maximum Gasteiger partial charge on any atom is 0.342 e. The zero-order valence-corrected chi connectivity index (χ0v) is 10.4. The predicted octanol–water partition coefficient (Wildman–Crippen LogP) is 0.793. The first-order valence-electron chi connectivity index (χ1n) is 5.28. The molecule has 0 radical (unpaired) electrons. The van der Waals surface area contributed by atoms with Gasteiger partial charge in [0.1, 0.15) is 5.56 Å². The number of hydrogen-bond acceptors (Lipinski definition) is 5. The van der Waals surface area contributed by atoms with Gasteiger partial charge in [0.2, 0.25) is 5.91 Å². The molecular formula is C11H13N3O5. The molecule has 102 valence electrons. The van der Waals surface area contributed by atoms with E-state index in [2.05, 4.69) is 5.32 Å². The highest BCUT2D eigenvalue weighted by Gasteiger charge is 2.20. The number of carbonyl (C=O) groups excluding carboxylic acids is 1. The molecule has 8 nitrogen and oxygen atoms in total. The normalized spacial score (nSPS) is 9.79. The van der Waals surface area contributed by atoms with Crippen molar-refractivity contribution in [3.63, 3.8) is 0 Å². The average Bonchev–Trinajstić information content (AvgIpc) is 2.35. The monoisotopic (exact) mass is 267 g/mol. The van der Waals surface area contributed by atoms with Crippen LogP contribution in [-0.2, 0) is 4.79 Å². The Hall–Kier alpha value is -2.64. The number of nitro groups is 1. The first-order chi connectivity index (χ1) is 8.82. The second-order valence-electron chi connectivity index (χ2n) is 3.94. The van der Waals surface area contributed by atoms with Crippen molar-refractivity contribution in [2.24, 2.45) is 0 Å². The van der Waals surface area contributed by atoms with Crippen LogP contribution in [0.15, 0.2) is 18.2 Å². The first-order valence-corrected chi connectivity index (χ1v) is 5.28. The van der Waals surface area contributed by atoms with Gasteiger partial charge in [-0.2, -0.15) is 0 Å². The minimum absolute atomic E-state index is 0.0239. The molecule has 0 bridgehead atoms. The van der Waals surface area contributed by atoms with Crippen molar-refractivity contribution in [3.8, 4) is 0 Å². The molecule has 0 spiro atoms. The van der Waals surface area contributed by atoms with Gasteiger partial charge in [-0.15, -0.1) is 0 Å². The summed E-state index contributed by atoms with van der Waals surface area (Å²) >= 11 is 0. The molecule has 1 aromatic rings. The maximum absolute atomic E-state index is 11.3. The fourth-order valence-corrected chi connectivity index (χ4v) is 1.31. The van der Waals surface area contributed by atoms with Gasteiger partial charge in [-0.05, 0) is 12.1 Å². The second kappa shape index (κ2) is 5.80. The third-order valence-electron chi connectivity index (χ3n) is 2.37. The Balaban J connectivity index is 2.93. The third-order valence-corrected chi connectivity index (χ3v) is 2.37. The molecule has 0 aromatic heterocycles. The number of anilines is 1. The van der Waals surface area contributed by atoms with Crippen LogP contribution in [0.4, 0.5) is 11.4 Å². The van der Waals surface area contributed by atoms with Crippen LogP contribution in [0.25, 0.3) is 0 Å². The van der Waals surface area contributed by atoms with E-state index in [4.69, 9.17) is 5.11 Å². The van der Waals surface area contributed by atoms with Gasteiger partial charge in [-0.25, -0.2) is 4.79 Å². The molecule has 0 saturated heterocycles. The summed E-state index contributed by atoms with van der Waals surface area (Å²) in [5.74, 6) is -1.59. The van der Waals surface area contributed by atoms with Crippen LogP contribution in [0.5, 0.6) is 0 Å². The lowest BCUT2D eigenvalue weighted by Gasteiger charge is -2.12. The van der Waals surface area contributed by atoms with E-state index in [9.17, 15) is 19.7 Å². The van der Waals surface area contributed by atoms with E-state index in [1.54, 1.807) is 14.1 Å². The summed E-state index contributed by atoms with van der Waals surface area (Å²) < 4.78 is 0. The highest BCUT2D eigenvalue weighted by Crippen LogP contribution is 2.22. The molecule has 0 aliphatic heterocycles. The topological polar surface area (TPSA) is 113 Å². The number of nitro benzene ring substituents is 1.